The van der Waals surface area contributed by atoms with Crippen LogP contribution in [0, 0.1) is 5.82 Å². The van der Waals surface area contributed by atoms with Crippen LogP contribution in [0.15, 0.2) is 53.9 Å². The number of nitrogens with zero attached hydrogens (tertiary/aromatic N) is 3. The summed E-state index contributed by atoms with van der Waals surface area (Å²) in [5, 5.41) is 16.5. The normalized spacial score (nSPS) is 11.0. The van der Waals surface area contributed by atoms with Gasteiger partial charge in [0.05, 0.1) is 5.52 Å². The van der Waals surface area contributed by atoms with E-state index in [2.05, 4.69) is 10.1 Å². The number of thiazole rings is 1. The fourth-order valence-corrected chi connectivity index (χ4v) is 3.25. The van der Waals surface area contributed by atoms with Gasteiger partial charge < -0.3 is 5.11 Å². The highest BCUT2D eigenvalue weighted by Crippen LogP contribution is 2.30. The molecule has 1 N–H and O–H groups in total. The van der Waals surface area contributed by atoms with E-state index in [1.54, 1.807) is 16.8 Å². The lowest BCUT2D eigenvalue weighted by atomic mass is 10.1. The quantitative estimate of drug-likeness (QED) is 0.613. The van der Waals surface area contributed by atoms with E-state index in [1.165, 1.54) is 28.8 Å². The van der Waals surface area contributed by atoms with Crippen molar-refractivity contribution in [3.05, 3.63) is 65.4 Å². The number of carbonyl (C=O) groups is 1. The fraction of sp³-hybridized carbons (Fsp3) is 0. The van der Waals surface area contributed by atoms with Crippen molar-refractivity contribution in [1.29, 1.82) is 0 Å². The Morgan fingerprint density at radius 1 is 1.12 bits per heavy atom. The van der Waals surface area contributed by atoms with E-state index in [-0.39, 0.29) is 11.5 Å². The van der Waals surface area contributed by atoms with Crippen LogP contribution in [0.2, 0.25) is 0 Å². The smallest absolute Gasteiger partial charge is 0.355 e. The zero-order chi connectivity index (χ0) is 16.7. The highest BCUT2D eigenvalue weighted by molar-refractivity contribution is 7.12. The molecule has 24 heavy (non-hydrogen) atoms. The molecular weight excluding hydrogens is 329 g/mol. The molecule has 7 heteroatoms. The van der Waals surface area contributed by atoms with E-state index in [9.17, 15) is 9.18 Å². The summed E-state index contributed by atoms with van der Waals surface area (Å²) in [6.07, 6.45) is 0. The zero-order valence-electron chi connectivity index (χ0n) is 12.2. The zero-order valence-corrected chi connectivity index (χ0v) is 13.0. The van der Waals surface area contributed by atoms with Crippen LogP contribution in [0.5, 0.6) is 0 Å². The lowest BCUT2D eigenvalue weighted by Crippen LogP contribution is -2.00. The van der Waals surface area contributed by atoms with Crippen molar-refractivity contribution < 1.29 is 14.3 Å². The Labute approximate surface area is 139 Å². The second-order valence-electron chi connectivity index (χ2n) is 5.10. The Balaban J connectivity index is 1.93. The minimum atomic E-state index is -1.08. The number of aromatic nitrogens is 3. The molecule has 0 fully saturated rings. The molecule has 0 amide bonds. The first-order valence-corrected chi connectivity index (χ1v) is 7.94. The third-order valence-electron chi connectivity index (χ3n) is 3.60. The highest BCUT2D eigenvalue weighted by Gasteiger charge is 2.17. The second kappa shape index (κ2) is 5.54. The molecular formula is C17H10FN3O2S. The number of para-hydroxylation sites is 1. The predicted molar refractivity (Wildman–Crippen MR) is 89.1 cm³/mol. The van der Waals surface area contributed by atoms with Crippen molar-refractivity contribution >= 4 is 28.2 Å². The lowest BCUT2D eigenvalue weighted by Gasteiger charge is -1.97. The van der Waals surface area contributed by atoms with Crippen LogP contribution < -0.4 is 0 Å². The van der Waals surface area contributed by atoms with Gasteiger partial charge in [0.15, 0.2) is 5.69 Å². The number of halogens is 1. The Morgan fingerprint density at radius 2 is 1.88 bits per heavy atom. The number of hydrogen-bond donors (Lipinski definition) is 1. The van der Waals surface area contributed by atoms with Crippen LogP contribution in [0.3, 0.4) is 0 Å². The van der Waals surface area contributed by atoms with Gasteiger partial charge in [-0.25, -0.2) is 18.9 Å². The van der Waals surface area contributed by atoms with Crippen molar-refractivity contribution in [2.24, 2.45) is 0 Å². The number of aromatic carboxylic acids is 1. The first kappa shape index (κ1) is 14.5. The first-order chi connectivity index (χ1) is 11.6. The van der Waals surface area contributed by atoms with Gasteiger partial charge in [-0.1, -0.05) is 18.2 Å². The number of hydrogen-bond acceptors (Lipinski definition) is 4. The van der Waals surface area contributed by atoms with Gasteiger partial charge in [0.25, 0.3) is 0 Å². The molecule has 0 spiro atoms. The lowest BCUT2D eigenvalue weighted by molar-refractivity contribution is 0.0691. The van der Waals surface area contributed by atoms with E-state index >= 15 is 0 Å². The van der Waals surface area contributed by atoms with Crippen molar-refractivity contribution in [3.63, 3.8) is 0 Å². The van der Waals surface area contributed by atoms with Crippen molar-refractivity contribution in [2.45, 2.75) is 0 Å². The van der Waals surface area contributed by atoms with E-state index in [1.807, 2.05) is 24.3 Å². The standard InChI is InChI=1S/C17H10FN3O2S/c18-11-7-5-10(6-8-11)15-12-3-1-2-4-14(12)21(20-15)17-19-13(9-24-17)16(22)23/h1-9H,(H,22,23). The molecule has 0 unspecified atom stereocenters. The molecule has 2 aromatic heterocycles. The highest BCUT2D eigenvalue weighted by atomic mass is 32.1. The molecule has 2 aromatic carbocycles. The van der Waals surface area contributed by atoms with Crippen molar-refractivity contribution in [1.82, 2.24) is 14.8 Å². The van der Waals surface area contributed by atoms with Crippen molar-refractivity contribution in [3.8, 4) is 16.4 Å². The van der Waals surface area contributed by atoms with Gasteiger partial charge in [-0.15, -0.1) is 11.3 Å². The van der Waals surface area contributed by atoms with Gasteiger partial charge in [-0.3, -0.25) is 0 Å². The fourth-order valence-electron chi connectivity index (χ4n) is 2.49. The van der Waals surface area contributed by atoms with Crippen LogP contribution in [0.4, 0.5) is 4.39 Å². The summed E-state index contributed by atoms with van der Waals surface area (Å²) in [5.74, 6) is -1.39. The Bertz CT molecular complexity index is 1050. The maximum atomic E-state index is 13.2. The second-order valence-corrected chi connectivity index (χ2v) is 5.94. The van der Waals surface area contributed by atoms with Gasteiger partial charge in [0.2, 0.25) is 5.13 Å². The molecule has 118 valence electrons. The number of rotatable bonds is 3. The maximum absolute atomic E-state index is 13.2. The SMILES string of the molecule is O=C(O)c1csc(-n2nc(-c3ccc(F)cc3)c3ccccc32)n1. The minimum Gasteiger partial charge on any atom is -0.476 e. The predicted octanol–water partition coefficient (Wildman–Crippen LogP) is 3.99. The van der Waals surface area contributed by atoms with Gasteiger partial charge in [0, 0.05) is 16.3 Å². The van der Waals surface area contributed by atoms with E-state index in [0.29, 0.717) is 10.8 Å². The summed E-state index contributed by atoms with van der Waals surface area (Å²) >= 11 is 1.21. The summed E-state index contributed by atoms with van der Waals surface area (Å²) in [5.41, 5.74) is 2.26. The molecule has 0 saturated carbocycles. The van der Waals surface area contributed by atoms with Gasteiger partial charge >= 0.3 is 5.97 Å². The molecule has 0 saturated heterocycles. The van der Waals surface area contributed by atoms with Crippen LogP contribution in [-0.4, -0.2) is 25.8 Å². The summed E-state index contributed by atoms with van der Waals surface area (Å²) in [6.45, 7) is 0. The molecule has 0 aliphatic rings. The summed E-state index contributed by atoms with van der Waals surface area (Å²) in [4.78, 5) is 15.2. The van der Waals surface area contributed by atoms with Gasteiger partial charge in [-0.2, -0.15) is 5.10 Å². The summed E-state index contributed by atoms with van der Waals surface area (Å²) < 4.78 is 14.8. The molecule has 0 radical (unpaired) electrons. The Morgan fingerprint density at radius 3 is 2.58 bits per heavy atom. The monoisotopic (exact) mass is 339 g/mol. The molecule has 4 rings (SSSR count). The van der Waals surface area contributed by atoms with Gasteiger partial charge in [-0.05, 0) is 30.3 Å². The van der Waals surface area contributed by atoms with E-state index in [4.69, 9.17) is 5.11 Å². The third kappa shape index (κ3) is 2.35. The number of carboxylic acid groups (broad SMARTS) is 1. The van der Waals surface area contributed by atoms with Crippen molar-refractivity contribution in [2.75, 3.05) is 0 Å². The van der Waals surface area contributed by atoms with Gasteiger partial charge in [0.1, 0.15) is 11.5 Å². The number of carboxylic acids is 1. The number of benzene rings is 2. The average molecular weight is 339 g/mol. The van der Waals surface area contributed by atoms with Crippen LogP contribution in [0.1, 0.15) is 10.5 Å². The summed E-state index contributed by atoms with van der Waals surface area (Å²) in [7, 11) is 0. The van der Waals surface area contributed by atoms with Crippen LogP contribution in [-0.2, 0) is 0 Å². The van der Waals surface area contributed by atoms with E-state index in [0.717, 1.165) is 16.5 Å². The minimum absolute atomic E-state index is 0.0158. The average Bonchev–Trinajstić information content (AvgIpc) is 3.20. The molecule has 0 atom stereocenters. The van der Waals surface area contributed by atoms with Crippen LogP contribution in [0.25, 0.3) is 27.3 Å². The molecule has 0 aliphatic heterocycles. The molecule has 5 nitrogen and oxygen atoms in total. The topological polar surface area (TPSA) is 68.0 Å². The molecule has 0 bridgehead atoms. The van der Waals surface area contributed by atoms with Crippen LogP contribution >= 0.6 is 11.3 Å². The first-order valence-electron chi connectivity index (χ1n) is 7.06. The largest absolute Gasteiger partial charge is 0.476 e. The molecule has 4 aromatic rings. The Hall–Kier alpha value is -3.06. The third-order valence-corrected chi connectivity index (χ3v) is 4.41. The Kier molecular flexibility index (Phi) is 3.35. The molecule has 2 heterocycles. The number of fused-ring (bicyclic) bond motifs is 1. The molecule has 0 aliphatic carbocycles. The van der Waals surface area contributed by atoms with E-state index < -0.39 is 5.97 Å². The summed E-state index contributed by atoms with van der Waals surface area (Å²) in [6, 6.07) is 13.7. The maximum Gasteiger partial charge on any atom is 0.355 e.